The first-order chi connectivity index (χ1) is 11.6. The van der Waals surface area contributed by atoms with Gasteiger partial charge in [-0.2, -0.15) is 4.98 Å². The predicted molar refractivity (Wildman–Crippen MR) is 83.2 cm³/mol. The topological polar surface area (TPSA) is 91.5 Å². The summed E-state index contributed by atoms with van der Waals surface area (Å²) in [6.45, 7) is 0.172. The van der Waals surface area contributed by atoms with E-state index in [1.165, 1.54) is 12.1 Å². The van der Waals surface area contributed by atoms with Crippen LogP contribution in [0.3, 0.4) is 0 Å². The Morgan fingerprint density at radius 2 is 1.79 bits per heavy atom. The number of fused-ring (bicyclic) bond motifs is 1. The normalized spacial score (nSPS) is 13.2. The average Bonchev–Trinajstić information content (AvgIpc) is 3.23. The number of hydrogen-bond donors (Lipinski definition) is 0. The van der Waals surface area contributed by atoms with E-state index in [-0.39, 0.29) is 23.3 Å². The second kappa shape index (κ2) is 5.64. The molecule has 0 amide bonds. The van der Waals surface area contributed by atoms with Crippen molar-refractivity contribution in [2.75, 3.05) is 6.79 Å². The van der Waals surface area contributed by atoms with Gasteiger partial charge >= 0.3 is 0 Å². The number of hydrogen-bond acceptors (Lipinski definition) is 7. The van der Waals surface area contributed by atoms with E-state index in [9.17, 15) is 8.42 Å². The summed E-state index contributed by atoms with van der Waals surface area (Å²) in [5.41, 5.74) is 0.659. The molecule has 0 spiro atoms. The van der Waals surface area contributed by atoms with Gasteiger partial charge in [0, 0.05) is 5.56 Å². The van der Waals surface area contributed by atoms with E-state index in [4.69, 9.17) is 14.0 Å². The predicted octanol–water partition coefficient (Wildman–Crippen LogP) is 2.44. The zero-order valence-corrected chi connectivity index (χ0v) is 13.2. The maximum absolute atomic E-state index is 12.3. The van der Waals surface area contributed by atoms with E-state index in [1.807, 2.05) is 0 Å². The van der Waals surface area contributed by atoms with Gasteiger partial charge in [0.15, 0.2) is 21.3 Å². The Hall–Kier alpha value is -2.87. The summed E-state index contributed by atoms with van der Waals surface area (Å²) < 4.78 is 40.3. The van der Waals surface area contributed by atoms with Crippen LogP contribution >= 0.6 is 0 Å². The average molecular weight is 344 g/mol. The molecule has 0 radical (unpaired) electrons. The number of ether oxygens (including phenoxy) is 2. The zero-order chi connectivity index (χ0) is 16.6. The van der Waals surface area contributed by atoms with Gasteiger partial charge in [0.05, 0.1) is 4.90 Å². The number of sulfone groups is 1. The molecule has 0 N–H and O–H groups in total. The Labute approximate surface area is 137 Å². The van der Waals surface area contributed by atoms with Crippen LogP contribution in [0.4, 0.5) is 0 Å². The van der Waals surface area contributed by atoms with Gasteiger partial charge in [0.25, 0.3) is 0 Å². The fourth-order valence-electron chi connectivity index (χ4n) is 2.34. The zero-order valence-electron chi connectivity index (χ0n) is 12.4. The summed E-state index contributed by atoms with van der Waals surface area (Å²) in [6, 6.07) is 13.4. The molecular formula is C16H12N2O5S. The van der Waals surface area contributed by atoms with Gasteiger partial charge in [-0.05, 0) is 30.3 Å². The van der Waals surface area contributed by atoms with Gasteiger partial charge in [-0.25, -0.2) is 8.42 Å². The molecule has 8 heteroatoms. The van der Waals surface area contributed by atoms with Gasteiger partial charge in [-0.3, -0.25) is 0 Å². The molecule has 1 aliphatic rings. The van der Waals surface area contributed by atoms with Crippen LogP contribution in [0.15, 0.2) is 57.9 Å². The fourth-order valence-corrected chi connectivity index (χ4v) is 3.52. The minimum atomic E-state index is -3.53. The van der Waals surface area contributed by atoms with Gasteiger partial charge in [-0.1, -0.05) is 23.4 Å². The molecule has 4 rings (SSSR count). The summed E-state index contributed by atoms with van der Waals surface area (Å²) in [4.78, 5) is 4.38. The SMILES string of the molecule is O=S(=O)(Cc1nc(-c2ccc3c(c2)OCO3)no1)c1ccccc1. The lowest BCUT2D eigenvalue weighted by molar-refractivity contribution is 0.174. The molecule has 122 valence electrons. The van der Waals surface area contributed by atoms with E-state index >= 15 is 0 Å². The highest BCUT2D eigenvalue weighted by atomic mass is 32.2. The Kier molecular flexibility index (Phi) is 3.46. The fraction of sp³-hybridized carbons (Fsp3) is 0.125. The Bertz CT molecular complexity index is 983. The highest BCUT2D eigenvalue weighted by Crippen LogP contribution is 2.35. The molecule has 1 aliphatic heterocycles. The summed E-state index contributed by atoms with van der Waals surface area (Å²) >= 11 is 0. The molecule has 0 aliphatic carbocycles. The molecule has 2 heterocycles. The molecule has 0 unspecified atom stereocenters. The first-order valence-electron chi connectivity index (χ1n) is 7.12. The van der Waals surface area contributed by atoms with Crippen molar-refractivity contribution in [3.05, 3.63) is 54.4 Å². The lowest BCUT2D eigenvalue weighted by Crippen LogP contribution is -2.05. The van der Waals surface area contributed by atoms with Crippen LogP contribution in [0.5, 0.6) is 11.5 Å². The van der Waals surface area contributed by atoms with Crippen LogP contribution < -0.4 is 9.47 Å². The van der Waals surface area contributed by atoms with Crippen molar-refractivity contribution in [1.82, 2.24) is 10.1 Å². The largest absolute Gasteiger partial charge is 0.454 e. The maximum atomic E-state index is 12.3. The van der Waals surface area contributed by atoms with Crippen molar-refractivity contribution < 1.29 is 22.4 Å². The van der Waals surface area contributed by atoms with E-state index in [0.717, 1.165) is 0 Å². The van der Waals surface area contributed by atoms with Gasteiger partial charge in [-0.15, -0.1) is 0 Å². The molecule has 0 bridgehead atoms. The standard InChI is InChI=1S/C16H12N2O5S/c19-24(20,12-4-2-1-3-5-12)9-15-17-16(18-23-15)11-6-7-13-14(8-11)22-10-21-13/h1-8H,9-10H2. The Morgan fingerprint density at radius 1 is 1.00 bits per heavy atom. The Morgan fingerprint density at radius 3 is 2.62 bits per heavy atom. The van der Waals surface area contributed by atoms with Crippen LogP contribution in [-0.2, 0) is 15.6 Å². The molecule has 0 saturated carbocycles. The van der Waals surface area contributed by atoms with E-state index < -0.39 is 9.84 Å². The summed E-state index contributed by atoms with van der Waals surface area (Å²) in [5, 5.41) is 3.84. The monoisotopic (exact) mass is 344 g/mol. The molecule has 2 aromatic carbocycles. The van der Waals surface area contributed by atoms with Crippen molar-refractivity contribution in [3.63, 3.8) is 0 Å². The smallest absolute Gasteiger partial charge is 0.242 e. The molecule has 7 nitrogen and oxygen atoms in total. The first-order valence-corrected chi connectivity index (χ1v) is 8.77. The van der Waals surface area contributed by atoms with Crippen molar-refractivity contribution in [1.29, 1.82) is 0 Å². The minimum Gasteiger partial charge on any atom is -0.454 e. The number of aromatic nitrogens is 2. The third-order valence-electron chi connectivity index (χ3n) is 3.51. The van der Waals surface area contributed by atoms with Crippen molar-refractivity contribution in [2.45, 2.75) is 10.6 Å². The van der Waals surface area contributed by atoms with E-state index in [0.29, 0.717) is 22.9 Å². The lowest BCUT2D eigenvalue weighted by atomic mass is 10.2. The van der Waals surface area contributed by atoms with E-state index in [2.05, 4.69) is 10.1 Å². The van der Waals surface area contributed by atoms with Crippen LogP contribution in [-0.4, -0.2) is 25.4 Å². The summed E-state index contributed by atoms with van der Waals surface area (Å²) in [7, 11) is -3.53. The first kappa shape index (κ1) is 14.7. The molecule has 0 saturated heterocycles. The van der Waals surface area contributed by atoms with Crippen molar-refractivity contribution in [2.24, 2.45) is 0 Å². The van der Waals surface area contributed by atoms with Gasteiger partial charge < -0.3 is 14.0 Å². The molecule has 24 heavy (non-hydrogen) atoms. The molecule has 1 aromatic heterocycles. The summed E-state index contributed by atoms with van der Waals surface area (Å²) in [5.74, 6) is 1.22. The highest BCUT2D eigenvalue weighted by molar-refractivity contribution is 7.90. The lowest BCUT2D eigenvalue weighted by Gasteiger charge is -2.00. The van der Waals surface area contributed by atoms with E-state index in [1.54, 1.807) is 36.4 Å². The summed E-state index contributed by atoms with van der Waals surface area (Å²) in [6.07, 6.45) is 0. The second-order valence-corrected chi connectivity index (χ2v) is 7.14. The maximum Gasteiger partial charge on any atom is 0.242 e. The second-order valence-electron chi connectivity index (χ2n) is 5.15. The molecular weight excluding hydrogens is 332 g/mol. The Balaban J connectivity index is 1.59. The van der Waals surface area contributed by atoms with Crippen LogP contribution in [0.1, 0.15) is 5.89 Å². The van der Waals surface area contributed by atoms with Crippen LogP contribution in [0, 0.1) is 0 Å². The van der Waals surface area contributed by atoms with Crippen LogP contribution in [0.2, 0.25) is 0 Å². The number of rotatable bonds is 4. The molecule has 3 aromatic rings. The third-order valence-corrected chi connectivity index (χ3v) is 5.13. The third kappa shape index (κ3) is 2.71. The van der Waals surface area contributed by atoms with Crippen molar-refractivity contribution >= 4 is 9.84 Å². The van der Waals surface area contributed by atoms with Crippen LogP contribution in [0.25, 0.3) is 11.4 Å². The quantitative estimate of drug-likeness (QED) is 0.718. The highest BCUT2D eigenvalue weighted by Gasteiger charge is 2.21. The number of nitrogens with zero attached hydrogens (tertiary/aromatic N) is 2. The molecule has 0 atom stereocenters. The molecule has 0 fully saturated rings. The number of benzene rings is 2. The minimum absolute atomic E-state index is 0.0338. The van der Waals surface area contributed by atoms with Gasteiger partial charge in [0.2, 0.25) is 18.5 Å². The van der Waals surface area contributed by atoms with Crippen molar-refractivity contribution in [3.8, 4) is 22.9 Å². The van der Waals surface area contributed by atoms with Gasteiger partial charge in [0.1, 0.15) is 5.75 Å².